The van der Waals surface area contributed by atoms with Crippen molar-refractivity contribution in [3.8, 4) is 0 Å². The average molecular weight is 227 g/mol. The number of likely N-dealkylation sites (N-methyl/N-ethyl adjacent to an activating group) is 1. The van der Waals surface area contributed by atoms with Gasteiger partial charge in [-0.2, -0.15) is 0 Å². The second kappa shape index (κ2) is 6.21. The fourth-order valence-corrected chi connectivity index (χ4v) is 2.40. The molecular weight excluding hydrogens is 202 g/mol. The zero-order chi connectivity index (χ0) is 12.0. The van der Waals surface area contributed by atoms with Gasteiger partial charge in [-0.3, -0.25) is 4.79 Å². The van der Waals surface area contributed by atoms with Crippen LogP contribution in [0.25, 0.3) is 0 Å². The van der Waals surface area contributed by atoms with Gasteiger partial charge in [-0.05, 0) is 45.8 Å². The zero-order valence-corrected chi connectivity index (χ0v) is 10.8. The fourth-order valence-electron chi connectivity index (χ4n) is 2.40. The summed E-state index contributed by atoms with van der Waals surface area (Å²) in [6.07, 6.45) is 4.00. The second-order valence-corrected chi connectivity index (χ2v) is 4.65. The molecule has 1 heterocycles. The monoisotopic (exact) mass is 227 g/mol. The Labute approximate surface area is 98.8 Å². The van der Waals surface area contributed by atoms with Gasteiger partial charge < -0.3 is 15.5 Å². The summed E-state index contributed by atoms with van der Waals surface area (Å²) >= 11 is 0. The lowest BCUT2D eigenvalue weighted by Gasteiger charge is -2.31. The molecule has 0 aromatic carbocycles. The quantitative estimate of drug-likeness (QED) is 0.653. The lowest BCUT2D eigenvalue weighted by molar-refractivity contribution is -0.136. The van der Waals surface area contributed by atoms with Gasteiger partial charge in [0.1, 0.15) is 0 Å². The zero-order valence-electron chi connectivity index (χ0n) is 10.8. The summed E-state index contributed by atoms with van der Waals surface area (Å²) in [5.74, 6) is 0.267. The number of rotatable bonds is 6. The molecule has 1 aliphatic rings. The average Bonchev–Trinajstić information content (AvgIpc) is 2.78. The van der Waals surface area contributed by atoms with Crippen molar-refractivity contribution < 1.29 is 4.79 Å². The molecule has 4 heteroatoms. The van der Waals surface area contributed by atoms with Crippen LogP contribution >= 0.6 is 0 Å². The van der Waals surface area contributed by atoms with Gasteiger partial charge >= 0.3 is 0 Å². The maximum absolute atomic E-state index is 12.3. The Balaban J connectivity index is 2.47. The Kier molecular flexibility index (Phi) is 5.22. The first-order valence-electron chi connectivity index (χ1n) is 6.31. The Morgan fingerprint density at radius 2 is 2.31 bits per heavy atom. The first-order chi connectivity index (χ1) is 7.66. The molecule has 0 aliphatic carbocycles. The molecule has 2 N–H and O–H groups in total. The van der Waals surface area contributed by atoms with Gasteiger partial charge in [-0.1, -0.05) is 6.92 Å². The van der Waals surface area contributed by atoms with Crippen LogP contribution in [-0.4, -0.2) is 50.1 Å². The Morgan fingerprint density at radius 3 is 2.81 bits per heavy atom. The highest BCUT2D eigenvalue weighted by Gasteiger charge is 2.40. The fraction of sp³-hybridized carbons (Fsp3) is 0.917. The summed E-state index contributed by atoms with van der Waals surface area (Å²) in [5, 5.41) is 6.49. The molecule has 1 amide bonds. The number of hydrogen-bond acceptors (Lipinski definition) is 3. The highest BCUT2D eigenvalue weighted by atomic mass is 16.2. The Bertz CT molecular complexity index is 224. The van der Waals surface area contributed by atoms with Gasteiger partial charge in [-0.15, -0.1) is 0 Å². The molecule has 0 radical (unpaired) electrons. The Morgan fingerprint density at radius 1 is 1.56 bits per heavy atom. The van der Waals surface area contributed by atoms with Crippen LogP contribution in [0.4, 0.5) is 0 Å². The van der Waals surface area contributed by atoms with Crippen LogP contribution in [0, 0.1) is 0 Å². The van der Waals surface area contributed by atoms with E-state index in [1.807, 2.05) is 19.0 Å². The third kappa shape index (κ3) is 2.95. The van der Waals surface area contributed by atoms with E-state index in [0.29, 0.717) is 0 Å². The molecule has 0 saturated carbocycles. The van der Waals surface area contributed by atoms with Gasteiger partial charge in [-0.25, -0.2) is 0 Å². The molecular formula is C12H25N3O. The minimum atomic E-state index is -0.269. The smallest absolute Gasteiger partial charge is 0.242 e. The van der Waals surface area contributed by atoms with Crippen molar-refractivity contribution in [3.05, 3.63) is 0 Å². The van der Waals surface area contributed by atoms with E-state index in [9.17, 15) is 4.79 Å². The van der Waals surface area contributed by atoms with Crippen molar-refractivity contribution in [2.75, 3.05) is 33.7 Å². The largest absolute Gasteiger partial charge is 0.344 e. The molecule has 0 aromatic heterocycles. The molecule has 0 aromatic rings. The van der Waals surface area contributed by atoms with Crippen LogP contribution in [0.1, 0.15) is 32.6 Å². The van der Waals surface area contributed by atoms with Crippen LogP contribution in [0.2, 0.25) is 0 Å². The third-order valence-electron chi connectivity index (χ3n) is 3.52. The molecule has 0 bridgehead atoms. The van der Waals surface area contributed by atoms with Crippen molar-refractivity contribution >= 4 is 5.91 Å². The molecule has 1 fully saturated rings. The topological polar surface area (TPSA) is 44.4 Å². The number of carbonyl (C=O) groups is 1. The molecule has 94 valence electrons. The van der Waals surface area contributed by atoms with E-state index in [1.165, 1.54) is 0 Å². The number of carbonyl (C=O) groups excluding carboxylic acids is 1. The summed E-state index contributed by atoms with van der Waals surface area (Å²) in [4.78, 5) is 14.2. The molecule has 16 heavy (non-hydrogen) atoms. The lowest BCUT2D eigenvalue weighted by Crippen LogP contribution is -2.53. The normalized spacial score (nSPS) is 24.7. The molecule has 1 rings (SSSR count). The van der Waals surface area contributed by atoms with Crippen molar-refractivity contribution in [1.82, 2.24) is 15.5 Å². The van der Waals surface area contributed by atoms with Gasteiger partial charge in [0.2, 0.25) is 5.91 Å². The van der Waals surface area contributed by atoms with E-state index < -0.39 is 0 Å². The van der Waals surface area contributed by atoms with Gasteiger partial charge in [0, 0.05) is 13.6 Å². The van der Waals surface area contributed by atoms with Crippen molar-refractivity contribution in [1.29, 1.82) is 0 Å². The molecule has 0 spiro atoms. The van der Waals surface area contributed by atoms with E-state index in [4.69, 9.17) is 0 Å². The predicted molar refractivity (Wildman–Crippen MR) is 66.4 cm³/mol. The van der Waals surface area contributed by atoms with Crippen LogP contribution in [0.3, 0.4) is 0 Å². The molecule has 1 saturated heterocycles. The first-order valence-corrected chi connectivity index (χ1v) is 6.31. The van der Waals surface area contributed by atoms with Crippen molar-refractivity contribution in [2.24, 2.45) is 0 Å². The summed E-state index contributed by atoms with van der Waals surface area (Å²) in [6, 6.07) is 0. The second-order valence-electron chi connectivity index (χ2n) is 4.65. The number of amides is 1. The van der Waals surface area contributed by atoms with E-state index in [-0.39, 0.29) is 11.4 Å². The van der Waals surface area contributed by atoms with Gasteiger partial charge in [0.05, 0.1) is 5.54 Å². The minimum Gasteiger partial charge on any atom is -0.344 e. The van der Waals surface area contributed by atoms with Crippen LogP contribution in [-0.2, 0) is 4.79 Å². The number of nitrogens with one attached hydrogen (secondary N) is 2. The summed E-state index contributed by atoms with van der Waals surface area (Å²) in [5.41, 5.74) is -0.269. The van der Waals surface area contributed by atoms with Crippen molar-refractivity contribution in [2.45, 2.75) is 38.1 Å². The number of nitrogens with zero attached hydrogens (tertiary/aromatic N) is 1. The van der Waals surface area contributed by atoms with E-state index in [2.05, 4.69) is 17.6 Å². The first kappa shape index (κ1) is 13.5. The predicted octanol–water partition coefficient (Wildman–Crippen LogP) is 0.587. The highest BCUT2D eigenvalue weighted by molar-refractivity contribution is 5.86. The minimum absolute atomic E-state index is 0.267. The standard InChI is InChI=1S/C12H25N3O/c1-4-12(7-5-9-14-12)11(16)15(3)10-6-8-13-2/h13-14H,4-10H2,1-3H3. The summed E-state index contributed by atoms with van der Waals surface area (Å²) in [7, 11) is 3.85. The van der Waals surface area contributed by atoms with Gasteiger partial charge in [0.15, 0.2) is 0 Å². The van der Waals surface area contributed by atoms with Gasteiger partial charge in [0.25, 0.3) is 0 Å². The highest BCUT2D eigenvalue weighted by Crippen LogP contribution is 2.24. The molecule has 1 unspecified atom stereocenters. The molecule has 1 aliphatic heterocycles. The van der Waals surface area contributed by atoms with Crippen LogP contribution in [0.5, 0.6) is 0 Å². The SMILES string of the molecule is CCC1(C(=O)N(C)CCCNC)CCCN1. The maximum Gasteiger partial charge on any atom is 0.242 e. The van der Waals surface area contributed by atoms with E-state index >= 15 is 0 Å². The summed E-state index contributed by atoms with van der Waals surface area (Å²) in [6.45, 7) is 4.87. The summed E-state index contributed by atoms with van der Waals surface area (Å²) < 4.78 is 0. The molecule has 1 atom stereocenters. The van der Waals surface area contributed by atoms with Crippen molar-refractivity contribution in [3.63, 3.8) is 0 Å². The lowest BCUT2D eigenvalue weighted by atomic mass is 9.92. The molecule has 4 nitrogen and oxygen atoms in total. The number of hydrogen-bond donors (Lipinski definition) is 2. The Hall–Kier alpha value is -0.610. The third-order valence-corrected chi connectivity index (χ3v) is 3.52. The van der Waals surface area contributed by atoms with Crippen LogP contribution in [0.15, 0.2) is 0 Å². The van der Waals surface area contributed by atoms with E-state index in [1.54, 1.807) is 0 Å². The maximum atomic E-state index is 12.3. The van der Waals surface area contributed by atoms with E-state index in [0.717, 1.165) is 45.3 Å². The van der Waals surface area contributed by atoms with Crippen LogP contribution < -0.4 is 10.6 Å².